The number of ketones is 2. The van der Waals surface area contributed by atoms with Crippen LogP contribution in [-0.2, 0) is 19.6 Å². The van der Waals surface area contributed by atoms with Gasteiger partial charge in [-0.25, -0.2) is 9.36 Å². The van der Waals surface area contributed by atoms with Crippen LogP contribution in [0.3, 0.4) is 0 Å². The van der Waals surface area contributed by atoms with Gasteiger partial charge >= 0.3 is 0 Å². The summed E-state index contributed by atoms with van der Waals surface area (Å²) in [5.74, 6) is 0.144. The molecule has 0 amide bonds. The van der Waals surface area contributed by atoms with Crippen molar-refractivity contribution in [2.24, 2.45) is 0 Å². The van der Waals surface area contributed by atoms with Gasteiger partial charge in [-0.15, -0.1) is 10.2 Å². The van der Waals surface area contributed by atoms with Gasteiger partial charge in [0.25, 0.3) is 0 Å². The lowest BCUT2D eigenvalue weighted by atomic mass is 9.96. The lowest BCUT2D eigenvalue weighted by Gasteiger charge is -2.20. The van der Waals surface area contributed by atoms with Crippen LogP contribution in [0.1, 0.15) is 131 Å². The SMILES string of the molecule is O=C(/C=C/c1cc(Cc2ccc(OCc3cn(C4CCCCC4)nn3)c(/C=C/C(=O)c3cc(Br)ccc3O)c2)ccc1OCc1cn(C2CCCCC2)nn1)c1cc(Br)ccc1O. The maximum atomic E-state index is 13.3. The molecule has 2 saturated carbocycles. The van der Waals surface area contributed by atoms with Crippen molar-refractivity contribution in [1.82, 2.24) is 30.0 Å². The zero-order chi connectivity index (χ0) is 43.7. The van der Waals surface area contributed by atoms with Crippen LogP contribution < -0.4 is 9.47 Å². The van der Waals surface area contributed by atoms with E-state index in [1.54, 1.807) is 36.4 Å². The molecule has 324 valence electrons. The van der Waals surface area contributed by atoms with E-state index in [0.717, 1.165) is 36.8 Å². The number of hydrogen-bond acceptors (Lipinski definition) is 10. The van der Waals surface area contributed by atoms with Gasteiger partial charge in [0.05, 0.1) is 35.6 Å². The van der Waals surface area contributed by atoms with Gasteiger partial charge in [0.1, 0.15) is 47.6 Å². The highest BCUT2D eigenvalue weighted by Gasteiger charge is 2.19. The molecule has 0 atom stereocenters. The Labute approximate surface area is 382 Å². The van der Waals surface area contributed by atoms with Gasteiger partial charge < -0.3 is 19.7 Å². The van der Waals surface area contributed by atoms with Gasteiger partial charge in [0.2, 0.25) is 0 Å². The van der Waals surface area contributed by atoms with Crippen LogP contribution in [-0.4, -0.2) is 51.8 Å². The normalized spacial score (nSPS) is 15.0. The molecule has 8 rings (SSSR count). The Morgan fingerprint density at radius 2 is 1.03 bits per heavy atom. The first-order valence-corrected chi connectivity index (χ1v) is 23.0. The number of hydrogen-bond donors (Lipinski definition) is 2. The molecule has 0 aliphatic heterocycles. The fraction of sp³-hybridized carbons (Fsp3) is 0.306. The third-order valence-electron chi connectivity index (χ3n) is 11.6. The Hall–Kier alpha value is -5.86. The van der Waals surface area contributed by atoms with Crippen molar-refractivity contribution in [3.63, 3.8) is 0 Å². The number of phenols is 2. The average molecular weight is 977 g/mol. The van der Waals surface area contributed by atoms with Crippen molar-refractivity contribution in [2.75, 3.05) is 0 Å². The van der Waals surface area contributed by atoms with E-state index in [2.05, 4.69) is 52.5 Å². The Morgan fingerprint density at radius 3 is 1.46 bits per heavy atom. The summed E-state index contributed by atoms with van der Waals surface area (Å²) in [5, 5.41) is 38.4. The molecule has 2 aliphatic carbocycles. The monoisotopic (exact) mass is 974 g/mol. The second-order valence-electron chi connectivity index (χ2n) is 16.2. The quantitative estimate of drug-likeness (QED) is 0.0707. The van der Waals surface area contributed by atoms with Gasteiger partial charge in [-0.1, -0.05) is 92.9 Å². The van der Waals surface area contributed by atoms with Gasteiger partial charge in [-0.2, -0.15) is 0 Å². The van der Waals surface area contributed by atoms with Crippen LogP contribution in [0.15, 0.2) is 106 Å². The van der Waals surface area contributed by atoms with E-state index in [-0.39, 0.29) is 47.4 Å². The molecule has 0 bridgehead atoms. The van der Waals surface area contributed by atoms with E-state index in [4.69, 9.17) is 9.47 Å². The van der Waals surface area contributed by atoms with E-state index >= 15 is 0 Å². The van der Waals surface area contributed by atoms with Gasteiger partial charge in [0, 0.05) is 20.1 Å². The molecule has 2 fully saturated rings. The molecular weight excluding hydrogens is 928 g/mol. The fourth-order valence-corrected chi connectivity index (χ4v) is 8.93. The van der Waals surface area contributed by atoms with Crippen LogP contribution in [0.25, 0.3) is 12.2 Å². The number of benzene rings is 4. The van der Waals surface area contributed by atoms with Crippen LogP contribution >= 0.6 is 31.9 Å². The molecule has 4 aromatic carbocycles. The fourth-order valence-electron chi connectivity index (χ4n) is 8.21. The summed E-state index contributed by atoms with van der Waals surface area (Å²) in [6.45, 7) is 0.384. The number of rotatable bonds is 16. The highest BCUT2D eigenvalue weighted by Crippen LogP contribution is 2.32. The minimum absolute atomic E-state index is 0.114. The summed E-state index contributed by atoms with van der Waals surface area (Å²) in [7, 11) is 0. The largest absolute Gasteiger partial charge is 0.507 e. The minimum Gasteiger partial charge on any atom is -0.507 e. The van der Waals surface area contributed by atoms with Gasteiger partial charge in [0.15, 0.2) is 11.6 Å². The predicted octanol–water partition coefficient (Wildman–Crippen LogP) is 11.4. The van der Waals surface area contributed by atoms with Crippen LogP contribution in [0, 0.1) is 0 Å². The number of phenolic OH excluding ortho intramolecular Hbond substituents is 2. The minimum atomic E-state index is -0.366. The highest BCUT2D eigenvalue weighted by atomic mass is 79.9. The zero-order valence-electron chi connectivity index (χ0n) is 34.7. The molecule has 2 N–H and O–H groups in total. The lowest BCUT2D eigenvalue weighted by Crippen LogP contribution is -2.13. The van der Waals surface area contributed by atoms with Crippen LogP contribution in [0.5, 0.6) is 23.0 Å². The number of aromatic hydroxyl groups is 2. The molecule has 63 heavy (non-hydrogen) atoms. The summed E-state index contributed by atoms with van der Waals surface area (Å²) in [4.78, 5) is 26.7. The predicted molar refractivity (Wildman–Crippen MR) is 247 cm³/mol. The summed E-state index contributed by atoms with van der Waals surface area (Å²) < 4.78 is 17.9. The van der Waals surface area contributed by atoms with Gasteiger partial charge in [-0.3, -0.25) is 9.59 Å². The second-order valence-corrected chi connectivity index (χ2v) is 18.0. The molecule has 6 aromatic rings. The van der Waals surface area contributed by atoms with Crippen molar-refractivity contribution >= 4 is 55.6 Å². The van der Waals surface area contributed by atoms with E-state index < -0.39 is 0 Å². The Bertz CT molecular complexity index is 2460. The summed E-state index contributed by atoms with van der Waals surface area (Å²) in [6, 6.07) is 21.8. The summed E-state index contributed by atoms with van der Waals surface area (Å²) in [6.07, 6.45) is 22.3. The average Bonchev–Trinajstić information content (AvgIpc) is 3.99. The van der Waals surface area contributed by atoms with Crippen molar-refractivity contribution < 1.29 is 29.3 Å². The number of carbonyl (C=O) groups is 2. The number of carbonyl (C=O) groups excluding carboxylic acids is 2. The van der Waals surface area contributed by atoms with E-state index in [1.807, 2.05) is 58.2 Å². The molecule has 12 nitrogen and oxygen atoms in total. The highest BCUT2D eigenvalue weighted by molar-refractivity contribution is 9.10. The molecular formula is C49H48Br2N6O6. The zero-order valence-corrected chi connectivity index (χ0v) is 37.9. The Kier molecular flexibility index (Phi) is 14.3. The number of allylic oxidation sites excluding steroid dienone is 2. The third-order valence-corrected chi connectivity index (χ3v) is 12.6. The second kappa shape index (κ2) is 20.5. The molecule has 2 heterocycles. The first-order valence-electron chi connectivity index (χ1n) is 21.4. The molecule has 2 aromatic heterocycles. The van der Waals surface area contributed by atoms with E-state index in [1.165, 1.54) is 62.8 Å². The number of ether oxygens (including phenoxy) is 2. The molecule has 2 aliphatic rings. The maximum absolute atomic E-state index is 13.3. The first-order chi connectivity index (χ1) is 30.6. The third kappa shape index (κ3) is 11.4. The molecule has 14 heteroatoms. The topological polar surface area (TPSA) is 154 Å². The lowest BCUT2D eigenvalue weighted by molar-refractivity contribution is 0.103. The van der Waals surface area contributed by atoms with Crippen LogP contribution in [0.4, 0.5) is 0 Å². The molecule has 0 unspecified atom stereocenters. The van der Waals surface area contributed by atoms with E-state index in [9.17, 15) is 19.8 Å². The van der Waals surface area contributed by atoms with Gasteiger partial charge in [-0.05, 0) is 128 Å². The van der Waals surface area contributed by atoms with Crippen LogP contribution in [0.2, 0.25) is 0 Å². The Balaban J connectivity index is 1.05. The standard InChI is InChI=1S/C49H48Br2N6O6/c50-36-15-19-46(60)42(26-36)44(58)17-13-34-24-32(11-21-48(34)62-30-38-28-56(54-52-38)40-7-3-1-4-8-40)23-33-12-22-49(63-31-39-29-57(55-53-39)41-9-5-2-6-10-41)35(25-33)14-18-45(59)43-27-37(51)16-20-47(43)61/h11-22,24-29,40-41,60-61H,1-10,23,30-31H2/b17-13+,18-14+. The first kappa shape index (κ1) is 43.8. The Morgan fingerprint density at radius 1 is 0.603 bits per heavy atom. The number of nitrogens with zero attached hydrogens (tertiary/aromatic N) is 6. The molecule has 0 spiro atoms. The van der Waals surface area contributed by atoms with E-state index in [0.29, 0.717) is 61.5 Å². The smallest absolute Gasteiger partial charge is 0.189 e. The number of halogens is 2. The summed E-state index contributed by atoms with van der Waals surface area (Å²) >= 11 is 6.78. The maximum Gasteiger partial charge on any atom is 0.189 e. The van der Waals surface area contributed by atoms with Crippen molar-refractivity contribution in [2.45, 2.75) is 95.9 Å². The number of aromatic nitrogens is 6. The van der Waals surface area contributed by atoms with Crippen molar-refractivity contribution in [3.8, 4) is 23.0 Å². The van der Waals surface area contributed by atoms with Crippen molar-refractivity contribution in [1.29, 1.82) is 0 Å². The molecule has 0 saturated heterocycles. The summed E-state index contributed by atoms with van der Waals surface area (Å²) in [5.41, 5.74) is 4.95. The molecule has 0 radical (unpaired) electrons. The van der Waals surface area contributed by atoms with Crippen molar-refractivity contribution in [3.05, 3.63) is 151 Å².